The number of rotatable bonds is 6. The van der Waals surface area contributed by atoms with Gasteiger partial charge in [0.2, 0.25) is 0 Å². The maximum absolute atomic E-state index is 12.8. The third kappa shape index (κ3) is 4.03. The number of hydrogen-bond acceptors (Lipinski definition) is 4. The lowest BCUT2D eigenvalue weighted by Gasteiger charge is -2.19. The molecule has 0 aliphatic heterocycles. The van der Waals surface area contributed by atoms with Crippen LogP contribution in [0.4, 0.5) is 0 Å². The predicted octanol–water partition coefficient (Wildman–Crippen LogP) is 4.01. The largest absolute Gasteiger partial charge is 0.493 e. The maximum atomic E-state index is 12.8. The van der Waals surface area contributed by atoms with Crippen molar-refractivity contribution in [2.75, 3.05) is 7.11 Å². The third-order valence-electron chi connectivity index (χ3n) is 5.07. The number of carboxylic acid groups (broad SMARTS) is 1. The molecule has 2 aliphatic carbocycles. The van der Waals surface area contributed by atoms with E-state index in [1.807, 2.05) is 0 Å². The van der Waals surface area contributed by atoms with Gasteiger partial charge in [-0.1, -0.05) is 6.08 Å². The first-order chi connectivity index (χ1) is 12.1. The van der Waals surface area contributed by atoms with Crippen molar-refractivity contribution in [2.24, 2.45) is 5.92 Å². The van der Waals surface area contributed by atoms with Gasteiger partial charge in [0.1, 0.15) is 0 Å². The standard InChI is InChI=1S/C20H24O5/c1-24-17-11-10-15(12-18(17)25-16-4-2-3-5-16)19(21)13-6-8-14(9-7-13)20(22)23/h6,10-12,14,16H,2-5,7-9H2,1H3,(H,22,23). The Balaban J connectivity index is 1.77. The third-order valence-corrected chi connectivity index (χ3v) is 5.07. The highest BCUT2D eigenvalue weighted by atomic mass is 16.5. The zero-order chi connectivity index (χ0) is 17.8. The average molecular weight is 344 g/mol. The summed E-state index contributed by atoms with van der Waals surface area (Å²) in [5.74, 6) is 0.0166. The van der Waals surface area contributed by atoms with Crippen LogP contribution in [0.3, 0.4) is 0 Å². The number of Topliss-reactive ketones (excluding diaryl/α,β-unsaturated/α-hetero) is 1. The van der Waals surface area contributed by atoms with Gasteiger partial charge in [0.05, 0.1) is 19.1 Å². The molecule has 1 aromatic rings. The van der Waals surface area contributed by atoms with Crippen molar-refractivity contribution in [1.82, 2.24) is 0 Å². The Kier molecular flexibility index (Phi) is 5.41. The summed E-state index contributed by atoms with van der Waals surface area (Å²) in [5, 5.41) is 9.07. The molecule has 0 saturated heterocycles. The molecule has 0 bridgehead atoms. The Hall–Kier alpha value is -2.30. The van der Waals surface area contributed by atoms with Crippen molar-refractivity contribution in [3.8, 4) is 11.5 Å². The molecule has 0 heterocycles. The number of carbonyl (C=O) groups excluding carboxylic acids is 1. The van der Waals surface area contributed by atoms with Crippen LogP contribution in [0.1, 0.15) is 55.3 Å². The molecule has 25 heavy (non-hydrogen) atoms. The van der Waals surface area contributed by atoms with Gasteiger partial charge in [0.15, 0.2) is 17.3 Å². The second-order valence-electron chi connectivity index (χ2n) is 6.76. The van der Waals surface area contributed by atoms with Crippen molar-refractivity contribution in [1.29, 1.82) is 0 Å². The second kappa shape index (κ2) is 7.72. The summed E-state index contributed by atoms with van der Waals surface area (Å²) in [4.78, 5) is 23.8. The van der Waals surface area contributed by atoms with Crippen molar-refractivity contribution in [3.63, 3.8) is 0 Å². The van der Waals surface area contributed by atoms with Gasteiger partial charge in [-0.25, -0.2) is 0 Å². The van der Waals surface area contributed by atoms with E-state index in [9.17, 15) is 9.59 Å². The van der Waals surface area contributed by atoms with Crippen LogP contribution in [0.15, 0.2) is 29.8 Å². The van der Waals surface area contributed by atoms with E-state index in [2.05, 4.69) is 0 Å². The lowest BCUT2D eigenvalue weighted by molar-refractivity contribution is -0.141. The van der Waals surface area contributed by atoms with E-state index in [0.29, 0.717) is 41.9 Å². The molecule has 0 spiro atoms. The van der Waals surface area contributed by atoms with E-state index < -0.39 is 5.97 Å². The van der Waals surface area contributed by atoms with Gasteiger partial charge >= 0.3 is 5.97 Å². The topological polar surface area (TPSA) is 72.8 Å². The van der Waals surface area contributed by atoms with Gasteiger partial charge in [-0.2, -0.15) is 0 Å². The minimum Gasteiger partial charge on any atom is -0.493 e. The summed E-state index contributed by atoms with van der Waals surface area (Å²) in [5.41, 5.74) is 1.25. The van der Waals surface area contributed by atoms with E-state index in [-0.39, 0.29) is 17.8 Å². The first kappa shape index (κ1) is 17.5. The smallest absolute Gasteiger partial charge is 0.306 e. The van der Waals surface area contributed by atoms with Gasteiger partial charge in [-0.05, 0) is 68.7 Å². The number of hydrogen-bond donors (Lipinski definition) is 1. The van der Waals surface area contributed by atoms with Crippen molar-refractivity contribution in [3.05, 3.63) is 35.4 Å². The Labute approximate surface area is 147 Å². The molecule has 134 valence electrons. The first-order valence-corrected chi connectivity index (χ1v) is 8.89. The molecular weight excluding hydrogens is 320 g/mol. The van der Waals surface area contributed by atoms with Crippen LogP contribution in [0, 0.1) is 5.92 Å². The number of methoxy groups -OCH3 is 1. The lowest BCUT2D eigenvalue weighted by atomic mass is 9.86. The molecule has 1 N–H and O–H groups in total. The second-order valence-corrected chi connectivity index (χ2v) is 6.76. The fourth-order valence-electron chi connectivity index (χ4n) is 3.55. The molecule has 1 fully saturated rings. The highest BCUT2D eigenvalue weighted by molar-refractivity contribution is 6.09. The molecule has 3 rings (SSSR count). The Morgan fingerprint density at radius 3 is 2.48 bits per heavy atom. The summed E-state index contributed by atoms with van der Waals surface area (Å²) in [7, 11) is 1.59. The molecule has 1 saturated carbocycles. The highest BCUT2D eigenvalue weighted by Gasteiger charge is 2.25. The van der Waals surface area contributed by atoms with Crippen LogP contribution >= 0.6 is 0 Å². The van der Waals surface area contributed by atoms with Crippen LogP contribution in [0.5, 0.6) is 11.5 Å². The summed E-state index contributed by atoms with van der Waals surface area (Å²) >= 11 is 0. The fraction of sp³-hybridized carbons (Fsp3) is 0.500. The number of ketones is 1. The lowest BCUT2D eigenvalue weighted by Crippen LogP contribution is -2.18. The van der Waals surface area contributed by atoms with Crippen LogP contribution in [-0.4, -0.2) is 30.1 Å². The summed E-state index contributed by atoms with van der Waals surface area (Å²) in [6.07, 6.45) is 7.78. The molecule has 0 aromatic heterocycles. The number of carbonyl (C=O) groups is 2. The quantitative estimate of drug-likeness (QED) is 0.789. The zero-order valence-electron chi connectivity index (χ0n) is 14.5. The van der Waals surface area contributed by atoms with Crippen LogP contribution < -0.4 is 9.47 Å². The monoisotopic (exact) mass is 344 g/mol. The van der Waals surface area contributed by atoms with Crippen LogP contribution in [0.25, 0.3) is 0 Å². The summed E-state index contributed by atoms with van der Waals surface area (Å²) in [6.45, 7) is 0. The Morgan fingerprint density at radius 2 is 1.88 bits per heavy atom. The van der Waals surface area contributed by atoms with E-state index >= 15 is 0 Å². The van der Waals surface area contributed by atoms with Crippen LogP contribution in [0.2, 0.25) is 0 Å². The van der Waals surface area contributed by atoms with Gasteiger partial charge < -0.3 is 14.6 Å². The molecule has 2 aliphatic rings. The number of allylic oxidation sites excluding steroid dienone is 2. The number of carboxylic acids is 1. The van der Waals surface area contributed by atoms with Gasteiger partial charge in [-0.15, -0.1) is 0 Å². The highest BCUT2D eigenvalue weighted by Crippen LogP contribution is 2.34. The van der Waals surface area contributed by atoms with Crippen molar-refractivity contribution in [2.45, 2.75) is 51.0 Å². The summed E-state index contributed by atoms with van der Waals surface area (Å²) in [6, 6.07) is 5.26. The van der Waals surface area contributed by atoms with Crippen molar-refractivity contribution >= 4 is 11.8 Å². The predicted molar refractivity (Wildman–Crippen MR) is 93.3 cm³/mol. The average Bonchev–Trinajstić information content (AvgIpc) is 3.14. The van der Waals surface area contributed by atoms with E-state index in [1.165, 1.54) is 12.8 Å². The van der Waals surface area contributed by atoms with Gasteiger partial charge in [-0.3, -0.25) is 9.59 Å². The Bertz CT molecular complexity index is 685. The number of ether oxygens (including phenoxy) is 2. The van der Waals surface area contributed by atoms with E-state index in [4.69, 9.17) is 14.6 Å². The number of aliphatic carboxylic acids is 1. The molecule has 5 nitrogen and oxygen atoms in total. The van der Waals surface area contributed by atoms with Gasteiger partial charge in [0.25, 0.3) is 0 Å². The molecule has 1 aromatic carbocycles. The van der Waals surface area contributed by atoms with E-state index in [0.717, 1.165) is 12.8 Å². The van der Waals surface area contributed by atoms with Crippen LogP contribution in [-0.2, 0) is 4.79 Å². The van der Waals surface area contributed by atoms with Crippen molar-refractivity contribution < 1.29 is 24.2 Å². The molecular formula is C20H24O5. The molecule has 1 unspecified atom stereocenters. The minimum atomic E-state index is -0.792. The SMILES string of the molecule is COc1ccc(C(=O)C2=CCC(C(=O)O)CC2)cc1OC1CCCC1. The Morgan fingerprint density at radius 1 is 1.12 bits per heavy atom. The molecule has 1 atom stereocenters. The molecule has 0 radical (unpaired) electrons. The minimum absolute atomic E-state index is 0.0530. The normalized spacial score (nSPS) is 20.8. The molecule has 0 amide bonds. The number of benzene rings is 1. The molecule has 5 heteroatoms. The maximum Gasteiger partial charge on any atom is 0.306 e. The first-order valence-electron chi connectivity index (χ1n) is 8.89. The fourth-order valence-corrected chi connectivity index (χ4v) is 3.55. The van der Waals surface area contributed by atoms with Gasteiger partial charge in [0, 0.05) is 5.56 Å². The van der Waals surface area contributed by atoms with E-state index in [1.54, 1.807) is 31.4 Å². The zero-order valence-corrected chi connectivity index (χ0v) is 14.5. The summed E-state index contributed by atoms with van der Waals surface area (Å²) < 4.78 is 11.4.